The van der Waals surface area contributed by atoms with Gasteiger partial charge in [-0.15, -0.1) is 0 Å². The first kappa shape index (κ1) is 23.5. The SMILES string of the molecule is COc1cc(OC)c(F)c(N2CC(=O)N(Cc3cccc(F)c3)c3c(cnc4c3CC(=O)N4)C2)c1F. The van der Waals surface area contributed by atoms with Crippen molar-refractivity contribution in [3.05, 3.63) is 70.7 Å². The molecule has 2 aliphatic rings. The van der Waals surface area contributed by atoms with Crippen molar-refractivity contribution in [1.29, 1.82) is 0 Å². The number of carbonyl (C=O) groups excluding carboxylic acids is 2. The third-order valence-electron chi connectivity index (χ3n) is 6.18. The lowest BCUT2D eigenvalue weighted by Gasteiger charge is -2.26. The first-order chi connectivity index (χ1) is 17.3. The van der Waals surface area contributed by atoms with Crippen molar-refractivity contribution in [2.75, 3.05) is 35.9 Å². The third kappa shape index (κ3) is 3.96. The smallest absolute Gasteiger partial charge is 0.246 e. The molecule has 2 aromatic carbocycles. The van der Waals surface area contributed by atoms with Crippen LogP contribution in [0.25, 0.3) is 0 Å². The molecular weight excluding hydrogens is 477 g/mol. The van der Waals surface area contributed by atoms with Crippen LogP contribution in [-0.4, -0.2) is 37.6 Å². The van der Waals surface area contributed by atoms with E-state index in [2.05, 4.69) is 10.3 Å². The summed E-state index contributed by atoms with van der Waals surface area (Å²) in [5, 5.41) is 2.65. The quantitative estimate of drug-likeness (QED) is 0.579. The van der Waals surface area contributed by atoms with Crippen LogP contribution in [-0.2, 0) is 29.1 Å². The lowest BCUT2D eigenvalue weighted by molar-refractivity contribution is -0.117. The molecule has 0 saturated carbocycles. The van der Waals surface area contributed by atoms with Gasteiger partial charge in [-0.05, 0) is 17.7 Å². The Morgan fingerprint density at radius 2 is 1.72 bits per heavy atom. The van der Waals surface area contributed by atoms with Gasteiger partial charge in [-0.1, -0.05) is 12.1 Å². The molecule has 0 bridgehead atoms. The second-order valence-corrected chi connectivity index (χ2v) is 8.41. The number of benzene rings is 2. The van der Waals surface area contributed by atoms with Gasteiger partial charge >= 0.3 is 0 Å². The molecule has 0 saturated heterocycles. The Kier molecular flexibility index (Phi) is 5.91. The molecule has 2 aliphatic heterocycles. The summed E-state index contributed by atoms with van der Waals surface area (Å²) in [5.41, 5.74) is 1.38. The lowest BCUT2D eigenvalue weighted by atomic mass is 10.1. The molecule has 0 atom stereocenters. The average Bonchev–Trinajstić information content (AvgIpc) is 3.17. The molecule has 11 heteroatoms. The van der Waals surface area contributed by atoms with Crippen molar-refractivity contribution in [2.24, 2.45) is 0 Å². The first-order valence-corrected chi connectivity index (χ1v) is 11.0. The van der Waals surface area contributed by atoms with Crippen molar-refractivity contribution >= 4 is 29.0 Å². The van der Waals surface area contributed by atoms with Gasteiger partial charge in [0.05, 0.1) is 39.4 Å². The van der Waals surface area contributed by atoms with Crippen molar-refractivity contribution in [2.45, 2.75) is 19.5 Å². The fourth-order valence-corrected chi connectivity index (χ4v) is 4.58. The number of carbonyl (C=O) groups is 2. The summed E-state index contributed by atoms with van der Waals surface area (Å²) >= 11 is 0. The second-order valence-electron chi connectivity index (χ2n) is 8.41. The summed E-state index contributed by atoms with van der Waals surface area (Å²) < 4.78 is 54.7. The summed E-state index contributed by atoms with van der Waals surface area (Å²) in [7, 11) is 2.47. The average molecular weight is 498 g/mol. The highest BCUT2D eigenvalue weighted by Crippen LogP contribution is 2.41. The molecule has 0 fully saturated rings. The third-order valence-corrected chi connectivity index (χ3v) is 6.18. The minimum atomic E-state index is -0.991. The number of hydrogen-bond donors (Lipinski definition) is 1. The molecule has 5 rings (SSSR count). The predicted octanol–water partition coefficient (Wildman–Crippen LogP) is 3.56. The summed E-state index contributed by atoms with van der Waals surface area (Å²) in [6, 6.07) is 6.86. The standard InChI is InChI=1S/C25H21F3N4O4/c1-35-17-8-18(36-2)22(28)24(21(17)27)31-11-14-9-29-25-16(7-19(33)30-25)23(14)32(20(34)12-31)10-13-4-3-5-15(26)6-13/h3-6,8-9H,7,10-12H2,1-2H3,(H,29,30,33). The van der Waals surface area contributed by atoms with Crippen LogP contribution in [0.15, 0.2) is 36.5 Å². The minimum absolute atomic E-state index is 0.0194. The summed E-state index contributed by atoms with van der Waals surface area (Å²) in [4.78, 5) is 32.7. The highest BCUT2D eigenvalue weighted by atomic mass is 19.1. The lowest BCUT2D eigenvalue weighted by Crippen LogP contribution is -2.38. The fourth-order valence-electron chi connectivity index (χ4n) is 4.58. The van der Waals surface area contributed by atoms with Gasteiger partial charge in [0.25, 0.3) is 0 Å². The number of halogens is 3. The van der Waals surface area contributed by atoms with Crippen LogP contribution < -0.4 is 24.6 Å². The number of fused-ring (bicyclic) bond motifs is 3. The van der Waals surface area contributed by atoms with Crippen LogP contribution in [0.2, 0.25) is 0 Å². The van der Waals surface area contributed by atoms with Crippen LogP contribution >= 0.6 is 0 Å². The van der Waals surface area contributed by atoms with E-state index >= 15 is 8.78 Å². The Balaban J connectivity index is 1.66. The Hall–Kier alpha value is -4.28. The minimum Gasteiger partial charge on any atom is -0.493 e. The molecule has 0 spiro atoms. The monoisotopic (exact) mass is 498 g/mol. The van der Waals surface area contributed by atoms with E-state index in [1.165, 1.54) is 48.4 Å². The fraction of sp³-hybridized carbons (Fsp3) is 0.240. The number of anilines is 3. The molecular formula is C25H21F3N4O4. The summed E-state index contributed by atoms with van der Waals surface area (Å²) in [5.74, 6) is -3.45. The molecule has 1 N–H and O–H groups in total. The number of methoxy groups -OCH3 is 2. The van der Waals surface area contributed by atoms with Crippen LogP contribution in [0.3, 0.4) is 0 Å². The molecule has 1 aromatic heterocycles. The van der Waals surface area contributed by atoms with Gasteiger partial charge in [0, 0.05) is 29.9 Å². The molecule has 0 aliphatic carbocycles. The van der Waals surface area contributed by atoms with E-state index in [4.69, 9.17) is 9.47 Å². The van der Waals surface area contributed by atoms with Crippen LogP contribution in [0.5, 0.6) is 11.5 Å². The first-order valence-electron chi connectivity index (χ1n) is 11.0. The number of ether oxygens (including phenoxy) is 2. The number of amides is 2. The van der Waals surface area contributed by atoms with Gasteiger partial charge in [0.1, 0.15) is 17.3 Å². The van der Waals surface area contributed by atoms with Crippen LogP contribution in [0, 0.1) is 17.5 Å². The maximum absolute atomic E-state index is 15.3. The predicted molar refractivity (Wildman–Crippen MR) is 125 cm³/mol. The maximum atomic E-state index is 15.3. The van der Waals surface area contributed by atoms with E-state index in [1.807, 2.05) is 0 Å². The van der Waals surface area contributed by atoms with Gasteiger partial charge in [-0.2, -0.15) is 0 Å². The van der Waals surface area contributed by atoms with Gasteiger partial charge in [-0.25, -0.2) is 18.2 Å². The van der Waals surface area contributed by atoms with E-state index < -0.39 is 35.6 Å². The van der Waals surface area contributed by atoms with Crippen molar-refractivity contribution in [3.8, 4) is 11.5 Å². The number of hydrogen-bond acceptors (Lipinski definition) is 6. The van der Waals surface area contributed by atoms with Crippen molar-refractivity contribution in [3.63, 3.8) is 0 Å². The number of nitrogens with one attached hydrogen (secondary N) is 1. The Bertz CT molecular complexity index is 1370. The van der Waals surface area contributed by atoms with Crippen LogP contribution in [0.4, 0.5) is 30.4 Å². The molecule has 3 heterocycles. The largest absolute Gasteiger partial charge is 0.493 e. The normalized spacial score (nSPS) is 14.8. The number of rotatable bonds is 5. The zero-order valence-electron chi connectivity index (χ0n) is 19.4. The molecule has 3 aromatic rings. The molecule has 36 heavy (non-hydrogen) atoms. The van der Waals surface area contributed by atoms with Gasteiger partial charge in [0.2, 0.25) is 11.8 Å². The zero-order valence-corrected chi connectivity index (χ0v) is 19.4. The topological polar surface area (TPSA) is 84.0 Å². The maximum Gasteiger partial charge on any atom is 0.246 e. The second kappa shape index (κ2) is 9.06. The molecule has 8 nitrogen and oxygen atoms in total. The number of nitrogens with zero attached hydrogens (tertiary/aromatic N) is 3. The van der Waals surface area contributed by atoms with E-state index in [0.29, 0.717) is 28.2 Å². The number of pyridine rings is 1. The van der Waals surface area contributed by atoms with Gasteiger partial charge in [-0.3, -0.25) is 9.59 Å². The van der Waals surface area contributed by atoms with E-state index in [1.54, 1.807) is 6.07 Å². The Morgan fingerprint density at radius 1 is 1.00 bits per heavy atom. The Labute approximate surface area is 204 Å². The van der Waals surface area contributed by atoms with Gasteiger partial charge < -0.3 is 24.6 Å². The highest BCUT2D eigenvalue weighted by Gasteiger charge is 2.36. The molecule has 2 amide bonds. The van der Waals surface area contributed by atoms with Gasteiger partial charge in [0.15, 0.2) is 23.1 Å². The van der Waals surface area contributed by atoms with E-state index in [-0.39, 0.29) is 36.9 Å². The molecule has 0 unspecified atom stereocenters. The highest BCUT2D eigenvalue weighted by molar-refractivity contribution is 6.05. The molecule has 186 valence electrons. The van der Waals surface area contributed by atoms with Crippen molar-refractivity contribution < 1.29 is 32.2 Å². The zero-order chi connectivity index (χ0) is 25.6. The Morgan fingerprint density at radius 3 is 2.39 bits per heavy atom. The van der Waals surface area contributed by atoms with E-state index in [0.717, 1.165) is 6.07 Å². The van der Waals surface area contributed by atoms with Crippen molar-refractivity contribution in [1.82, 2.24) is 4.98 Å². The summed E-state index contributed by atoms with van der Waals surface area (Å²) in [6.07, 6.45) is 1.44. The molecule has 0 radical (unpaired) electrons. The van der Waals surface area contributed by atoms with E-state index in [9.17, 15) is 14.0 Å². The van der Waals surface area contributed by atoms with Crippen LogP contribution in [0.1, 0.15) is 16.7 Å². The summed E-state index contributed by atoms with van der Waals surface area (Å²) in [6.45, 7) is -0.530. The number of aromatic nitrogens is 1.